The molecule has 6 heteroatoms. The highest BCUT2D eigenvalue weighted by Crippen LogP contribution is 2.43. The summed E-state index contributed by atoms with van der Waals surface area (Å²) in [6.07, 6.45) is -0.267. The fourth-order valence-electron chi connectivity index (χ4n) is 4.91. The molecule has 3 saturated heterocycles. The predicted octanol–water partition coefficient (Wildman–Crippen LogP) is 4.33. The summed E-state index contributed by atoms with van der Waals surface area (Å²) in [6.45, 7) is 4.17. The maximum Gasteiger partial charge on any atom is 0.280 e. The standard InChI is InChI=1S/C21H26F2N2O2/c1-3-12-11-25-7-6-13(12)8-19(25)20(26)16-10-18(21(22)23)24-17-5-4-14(27-2)9-15(16)17/h4-5,9-10,12-13,19-21,26H,3,6-8,11H2,1-2H3. The van der Waals surface area contributed by atoms with E-state index in [9.17, 15) is 13.9 Å². The average Bonchev–Trinajstić information content (AvgIpc) is 2.71. The fraction of sp³-hybridized carbons (Fsp3) is 0.571. The van der Waals surface area contributed by atoms with Crippen LogP contribution in [-0.2, 0) is 0 Å². The van der Waals surface area contributed by atoms with E-state index in [1.54, 1.807) is 25.3 Å². The molecular formula is C21H26F2N2O2. The molecule has 4 nitrogen and oxygen atoms in total. The number of ether oxygens (including phenoxy) is 1. The molecule has 5 atom stereocenters. The zero-order valence-electron chi connectivity index (χ0n) is 15.7. The molecule has 0 spiro atoms. The van der Waals surface area contributed by atoms with Gasteiger partial charge in [0.1, 0.15) is 11.4 Å². The minimum atomic E-state index is -2.67. The summed E-state index contributed by atoms with van der Waals surface area (Å²) in [6, 6.07) is 6.50. The van der Waals surface area contributed by atoms with E-state index in [0.717, 1.165) is 32.4 Å². The summed E-state index contributed by atoms with van der Waals surface area (Å²) in [4.78, 5) is 6.42. The number of piperidine rings is 3. The molecule has 5 rings (SSSR count). The minimum absolute atomic E-state index is 0.0335. The Bertz CT molecular complexity index is 829. The highest BCUT2D eigenvalue weighted by atomic mass is 19.3. The van der Waals surface area contributed by atoms with E-state index in [1.807, 2.05) is 0 Å². The molecule has 0 amide bonds. The Morgan fingerprint density at radius 2 is 2.15 bits per heavy atom. The molecule has 2 bridgehead atoms. The first-order valence-electron chi connectivity index (χ1n) is 9.70. The number of aliphatic hydroxyl groups excluding tert-OH is 1. The van der Waals surface area contributed by atoms with E-state index in [2.05, 4.69) is 16.8 Å². The topological polar surface area (TPSA) is 45.6 Å². The maximum absolute atomic E-state index is 13.4. The summed E-state index contributed by atoms with van der Waals surface area (Å²) in [5.41, 5.74) is 0.703. The van der Waals surface area contributed by atoms with E-state index in [4.69, 9.17) is 4.74 Å². The third-order valence-corrected chi connectivity index (χ3v) is 6.43. The van der Waals surface area contributed by atoms with E-state index < -0.39 is 12.5 Å². The average molecular weight is 376 g/mol. The molecule has 3 aliphatic heterocycles. The predicted molar refractivity (Wildman–Crippen MR) is 100 cm³/mol. The van der Waals surface area contributed by atoms with Gasteiger partial charge in [-0.2, -0.15) is 0 Å². The molecule has 1 aromatic carbocycles. The number of hydrogen-bond acceptors (Lipinski definition) is 4. The molecule has 0 aliphatic carbocycles. The van der Waals surface area contributed by atoms with Gasteiger partial charge >= 0.3 is 0 Å². The van der Waals surface area contributed by atoms with Crippen molar-refractivity contribution in [2.24, 2.45) is 11.8 Å². The molecule has 27 heavy (non-hydrogen) atoms. The van der Waals surface area contributed by atoms with Crippen molar-refractivity contribution in [1.29, 1.82) is 0 Å². The zero-order valence-corrected chi connectivity index (χ0v) is 15.7. The van der Waals surface area contributed by atoms with Gasteiger partial charge in [-0.05, 0) is 61.1 Å². The van der Waals surface area contributed by atoms with Crippen molar-refractivity contribution in [3.05, 3.63) is 35.5 Å². The van der Waals surface area contributed by atoms with Gasteiger partial charge in [0, 0.05) is 18.0 Å². The molecule has 4 heterocycles. The van der Waals surface area contributed by atoms with Gasteiger partial charge in [0.2, 0.25) is 0 Å². The van der Waals surface area contributed by atoms with Gasteiger partial charge in [-0.1, -0.05) is 13.3 Å². The van der Waals surface area contributed by atoms with Gasteiger partial charge in [-0.15, -0.1) is 0 Å². The number of fused-ring (bicyclic) bond motifs is 4. The van der Waals surface area contributed by atoms with Crippen LogP contribution in [0.25, 0.3) is 10.9 Å². The quantitative estimate of drug-likeness (QED) is 0.843. The Labute approximate surface area is 158 Å². The van der Waals surface area contributed by atoms with Crippen LogP contribution in [0.3, 0.4) is 0 Å². The molecule has 0 radical (unpaired) electrons. The van der Waals surface area contributed by atoms with E-state index >= 15 is 0 Å². The van der Waals surface area contributed by atoms with Gasteiger partial charge < -0.3 is 9.84 Å². The van der Waals surface area contributed by atoms with Crippen molar-refractivity contribution in [2.45, 2.75) is 44.8 Å². The normalized spacial score (nSPS) is 28.7. The van der Waals surface area contributed by atoms with Crippen LogP contribution >= 0.6 is 0 Å². The second-order valence-corrected chi connectivity index (χ2v) is 7.78. The fourth-order valence-corrected chi connectivity index (χ4v) is 4.91. The molecule has 3 aliphatic rings. The summed E-state index contributed by atoms with van der Waals surface area (Å²) in [7, 11) is 1.56. The van der Waals surface area contributed by atoms with Crippen LogP contribution in [0, 0.1) is 11.8 Å². The van der Waals surface area contributed by atoms with Crippen LogP contribution in [0.1, 0.15) is 50.0 Å². The molecule has 5 unspecified atom stereocenters. The third kappa shape index (κ3) is 3.29. The van der Waals surface area contributed by atoms with Crippen LogP contribution in [-0.4, -0.2) is 41.2 Å². The number of benzene rings is 1. The monoisotopic (exact) mass is 376 g/mol. The number of aromatic nitrogens is 1. The highest BCUT2D eigenvalue weighted by molar-refractivity contribution is 5.84. The van der Waals surface area contributed by atoms with Crippen LogP contribution < -0.4 is 4.74 Å². The molecule has 2 aromatic rings. The summed E-state index contributed by atoms with van der Waals surface area (Å²) >= 11 is 0. The Kier molecular flexibility index (Phi) is 5.03. The Balaban J connectivity index is 1.75. The van der Waals surface area contributed by atoms with Crippen LogP contribution in [0.5, 0.6) is 5.75 Å². The first-order chi connectivity index (χ1) is 13.0. The van der Waals surface area contributed by atoms with E-state index in [-0.39, 0.29) is 11.7 Å². The lowest BCUT2D eigenvalue weighted by Crippen LogP contribution is -2.55. The number of aliphatic hydroxyl groups is 1. The second-order valence-electron chi connectivity index (χ2n) is 7.78. The van der Waals surface area contributed by atoms with Crippen molar-refractivity contribution in [3.63, 3.8) is 0 Å². The lowest BCUT2D eigenvalue weighted by atomic mass is 9.72. The van der Waals surface area contributed by atoms with Crippen LogP contribution in [0.15, 0.2) is 24.3 Å². The highest BCUT2D eigenvalue weighted by Gasteiger charge is 2.42. The largest absolute Gasteiger partial charge is 0.497 e. The Morgan fingerprint density at radius 3 is 2.78 bits per heavy atom. The van der Waals surface area contributed by atoms with Crippen molar-refractivity contribution < 1.29 is 18.6 Å². The number of pyridine rings is 1. The summed E-state index contributed by atoms with van der Waals surface area (Å²) < 4.78 is 32.1. The van der Waals surface area contributed by atoms with Crippen molar-refractivity contribution in [3.8, 4) is 5.75 Å². The van der Waals surface area contributed by atoms with E-state index in [0.29, 0.717) is 34.1 Å². The number of hydrogen-bond donors (Lipinski definition) is 1. The van der Waals surface area contributed by atoms with Gasteiger partial charge in [-0.25, -0.2) is 13.8 Å². The van der Waals surface area contributed by atoms with Crippen molar-refractivity contribution >= 4 is 10.9 Å². The second kappa shape index (κ2) is 7.32. The van der Waals surface area contributed by atoms with Gasteiger partial charge in [0.25, 0.3) is 6.43 Å². The van der Waals surface area contributed by atoms with Crippen molar-refractivity contribution in [2.75, 3.05) is 20.2 Å². The lowest BCUT2D eigenvalue weighted by molar-refractivity contribution is -0.0562. The van der Waals surface area contributed by atoms with E-state index in [1.165, 1.54) is 6.07 Å². The van der Waals surface area contributed by atoms with Crippen LogP contribution in [0.2, 0.25) is 0 Å². The summed E-state index contributed by atoms with van der Waals surface area (Å²) in [5, 5.41) is 11.9. The Morgan fingerprint density at radius 1 is 1.33 bits per heavy atom. The number of halogens is 2. The Hall–Kier alpha value is -1.79. The number of rotatable bonds is 5. The smallest absolute Gasteiger partial charge is 0.280 e. The molecule has 146 valence electrons. The van der Waals surface area contributed by atoms with Gasteiger partial charge in [0.05, 0.1) is 18.7 Å². The minimum Gasteiger partial charge on any atom is -0.497 e. The molecule has 3 fully saturated rings. The van der Waals surface area contributed by atoms with Crippen molar-refractivity contribution in [1.82, 2.24) is 9.88 Å². The molecular weight excluding hydrogens is 350 g/mol. The van der Waals surface area contributed by atoms with Gasteiger partial charge in [-0.3, -0.25) is 4.90 Å². The first kappa shape index (κ1) is 18.6. The number of alkyl halides is 2. The SMILES string of the molecule is CCC1CN2CCC1CC2C(O)c1cc(C(F)F)nc2ccc(OC)cc12. The molecule has 1 aromatic heterocycles. The molecule has 0 saturated carbocycles. The van der Waals surface area contributed by atoms with Gasteiger partial charge in [0.15, 0.2) is 0 Å². The number of nitrogens with zero attached hydrogens (tertiary/aromatic N) is 2. The third-order valence-electron chi connectivity index (χ3n) is 6.43. The zero-order chi connectivity index (χ0) is 19.1. The maximum atomic E-state index is 13.4. The first-order valence-corrected chi connectivity index (χ1v) is 9.70. The lowest BCUT2D eigenvalue weighted by Gasteiger charge is -2.51. The molecule has 1 N–H and O–H groups in total. The number of methoxy groups -OCH3 is 1. The van der Waals surface area contributed by atoms with Crippen LogP contribution in [0.4, 0.5) is 8.78 Å². The summed E-state index contributed by atoms with van der Waals surface area (Å²) in [5.74, 6) is 1.91.